The van der Waals surface area contributed by atoms with Gasteiger partial charge in [0.05, 0.1) is 6.42 Å². The Balaban J connectivity index is 1.75. The van der Waals surface area contributed by atoms with Gasteiger partial charge in [-0.15, -0.1) is 11.3 Å². The molecule has 0 fully saturated rings. The molecule has 3 rings (SSSR count). The van der Waals surface area contributed by atoms with Crippen molar-refractivity contribution in [2.75, 3.05) is 18.9 Å². The summed E-state index contributed by atoms with van der Waals surface area (Å²) in [7, 11) is 1.79. The molecule has 1 aliphatic heterocycles. The van der Waals surface area contributed by atoms with Crippen LogP contribution in [0.1, 0.15) is 26.5 Å². The van der Waals surface area contributed by atoms with Crippen LogP contribution in [-0.4, -0.2) is 35.3 Å². The number of nitrogens with one attached hydrogen (secondary N) is 2. The third kappa shape index (κ3) is 3.35. The summed E-state index contributed by atoms with van der Waals surface area (Å²) in [5.74, 6) is -0.114. The van der Waals surface area contributed by atoms with Crippen molar-refractivity contribution in [1.29, 1.82) is 0 Å². The fraction of sp³-hybridized carbons (Fsp3) is 0.312. The predicted octanol–water partition coefficient (Wildman–Crippen LogP) is 2.92. The zero-order valence-corrected chi connectivity index (χ0v) is 14.6. The number of rotatable bonds is 3. The molecular weight excluding hydrogens is 330 g/mol. The van der Waals surface area contributed by atoms with E-state index in [0.29, 0.717) is 15.2 Å². The number of hydrogen-bond donors (Lipinski definition) is 2. The van der Waals surface area contributed by atoms with Gasteiger partial charge in [0.2, 0.25) is 5.91 Å². The number of aromatic nitrogens is 1. The van der Waals surface area contributed by atoms with Crippen LogP contribution in [0.3, 0.4) is 0 Å². The summed E-state index contributed by atoms with van der Waals surface area (Å²) in [4.78, 5) is 30.1. The van der Waals surface area contributed by atoms with Gasteiger partial charge in [-0.2, -0.15) is 0 Å². The molecule has 0 aliphatic carbocycles. The topological polar surface area (TPSA) is 65.2 Å². The van der Waals surface area contributed by atoms with E-state index < -0.39 is 0 Å². The summed E-state index contributed by atoms with van der Waals surface area (Å²) in [5.41, 5.74) is 3.28. The monoisotopic (exact) mass is 347 g/mol. The minimum absolute atomic E-state index is 0.00167. The lowest BCUT2D eigenvalue weighted by Crippen LogP contribution is -2.34. The second-order valence-electron chi connectivity index (χ2n) is 5.64. The second kappa shape index (κ2) is 6.25. The molecule has 2 amide bonds. The third-order valence-electron chi connectivity index (χ3n) is 3.93. The Bertz CT molecular complexity index is 838. The first-order valence-corrected chi connectivity index (χ1v) is 8.53. The van der Waals surface area contributed by atoms with Gasteiger partial charge < -0.3 is 15.2 Å². The zero-order chi connectivity index (χ0) is 16.6. The predicted molar refractivity (Wildman–Crippen MR) is 93.7 cm³/mol. The molecular formula is C16H17N3O2S2. The molecule has 0 radical (unpaired) electrons. The molecule has 1 aromatic carbocycles. The summed E-state index contributed by atoms with van der Waals surface area (Å²) in [5, 5.41) is 2.86. The lowest BCUT2D eigenvalue weighted by Gasteiger charge is -2.25. The van der Waals surface area contributed by atoms with Gasteiger partial charge in [0.1, 0.15) is 0 Å². The van der Waals surface area contributed by atoms with E-state index in [0.717, 1.165) is 29.1 Å². The molecule has 23 heavy (non-hydrogen) atoms. The van der Waals surface area contributed by atoms with Crippen LogP contribution in [0.4, 0.5) is 5.69 Å². The maximum atomic E-state index is 12.2. The Kier molecular flexibility index (Phi) is 4.32. The SMILES string of the molecule is Cc1[nH]c(=S)sc1CC(=O)Nc1ccc2c(c1)C(=O)N(C)CC2. The number of aryl methyl sites for hydroxylation is 1. The van der Waals surface area contributed by atoms with Crippen LogP contribution in [0.15, 0.2) is 18.2 Å². The van der Waals surface area contributed by atoms with Crippen molar-refractivity contribution < 1.29 is 9.59 Å². The van der Waals surface area contributed by atoms with Gasteiger partial charge in [-0.05, 0) is 43.3 Å². The fourth-order valence-corrected chi connectivity index (χ4v) is 3.91. The summed E-state index contributed by atoms with van der Waals surface area (Å²) < 4.78 is 0.674. The normalized spacial score (nSPS) is 13.8. The van der Waals surface area contributed by atoms with E-state index in [1.54, 1.807) is 18.0 Å². The number of amides is 2. The van der Waals surface area contributed by atoms with Crippen molar-refractivity contribution in [1.82, 2.24) is 9.88 Å². The molecule has 0 unspecified atom stereocenters. The number of nitrogens with zero attached hydrogens (tertiary/aromatic N) is 1. The van der Waals surface area contributed by atoms with Crippen molar-refractivity contribution in [3.8, 4) is 0 Å². The zero-order valence-electron chi connectivity index (χ0n) is 12.9. The van der Waals surface area contributed by atoms with Gasteiger partial charge in [-0.3, -0.25) is 9.59 Å². The maximum absolute atomic E-state index is 12.2. The highest BCUT2D eigenvalue weighted by atomic mass is 32.1. The van der Waals surface area contributed by atoms with Crippen molar-refractivity contribution in [3.63, 3.8) is 0 Å². The van der Waals surface area contributed by atoms with Crippen molar-refractivity contribution in [2.24, 2.45) is 0 Å². The highest BCUT2D eigenvalue weighted by Crippen LogP contribution is 2.22. The summed E-state index contributed by atoms with van der Waals surface area (Å²) in [6.45, 7) is 2.64. The Morgan fingerprint density at radius 2 is 2.26 bits per heavy atom. The van der Waals surface area contributed by atoms with Crippen LogP contribution in [0, 0.1) is 10.9 Å². The first kappa shape index (κ1) is 15.9. The van der Waals surface area contributed by atoms with Gasteiger partial charge in [0.25, 0.3) is 5.91 Å². The molecule has 1 aromatic heterocycles. The standard InChI is InChI=1S/C16H17N3O2S2/c1-9-13(23-16(22)17-9)8-14(20)18-11-4-3-10-5-6-19(2)15(21)12(10)7-11/h3-4,7H,5-6,8H2,1-2H3,(H,17,22)(H,18,20). The number of H-pyrrole nitrogens is 1. The van der Waals surface area contributed by atoms with Crippen LogP contribution in [0.2, 0.25) is 0 Å². The van der Waals surface area contributed by atoms with Gasteiger partial charge >= 0.3 is 0 Å². The number of likely N-dealkylation sites (N-methyl/N-ethyl adjacent to an activating group) is 1. The molecule has 5 nitrogen and oxygen atoms in total. The van der Waals surface area contributed by atoms with Crippen LogP contribution in [0.25, 0.3) is 0 Å². The van der Waals surface area contributed by atoms with Crippen molar-refractivity contribution in [3.05, 3.63) is 43.9 Å². The van der Waals surface area contributed by atoms with E-state index in [4.69, 9.17) is 12.2 Å². The molecule has 1 aliphatic rings. The quantitative estimate of drug-likeness (QED) is 0.839. The van der Waals surface area contributed by atoms with E-state index in [9.17, 15) is 9.59 Å². The Hall–Kier alpha value is -1.99. The molecule has 7 heteroatoms. The highest BCUT2D eigenvalue weighted by Gasteiger charge is 2.21. The number of fused-ring (bicyclic) bond motifs is 1. The number of carbonyl (C=O) groups is 2. The number of aromatic amines is 1. The second-order valence-corrected chi connectivity index (χ2v) is 7.41. The number of benzene rings is 1. The average Bonchev–Trinajstić information content (AvgIpc) is 2.81. The molecule has 2 heterocycles. The van der Waals surface area contributed by atoms with Crippen molar-refractivity contribution >= 4 is 41.1 Å². The minimum atomic E-state index is -0.116. The molecule has 0 saturated heterocycles. The van der Waals surface area contributed by atoms with Crippen LogP contribution >= 0.6 is 23.6 Å². The molecule has 0 spiro atoms. The number of carbonyl (C=O) groups excluding carboxylic acids is 2. The smallest absolute Gasteiger partial charge is 0.253 e. The number of hydrogen-bond acceptors (Lipinski definition) is 4. The fourth-order valence-electron chi connectivity index (χ4n) is 2.62. The maximum Gasteiger partial charge on any atom is 0.253 e. The third-order valence-corrected chi connectivity index (χ3v) is 5.27. The first-order valence-electron chi connectivity index (χ1n) is 7.31. The lowest BCUT2D eigenvalue weighted by atomic mass is 9.98. The first-order chi connectivity index (χ1) is 10.9. The number of thiazole rings is 1. The van der Waals surface area contributed by atoms with Gasteiger partial charge in [-0.1, -0.05) is 6.07 Å². The van der Waals surface area contributed by atoms with Crippen molar-refractivity contribution in [2.45, 2.75) is 19.8 Å². The molecule has 2 N–H and O–H groups in total. The highest BCUT2D eigenvalue weighted by molar-refractivity contribution is 7.73. The largest absolute Gasteiger partial charge is 0.341 e. The van der Waals surface area contributed by atoms with Gasteiger partial charge in [-0.25, -0.2) is 0 Å². The lowest BCUT2D eigenvalue weighted by molar-refractivity contribution is -0.115. The molecule has 0 saturated carbocycles. The molecule has 0 bridgehead atoms. The molecule has 2 aromatic rings. The summed E-state index contributed by atoms with van der Waals surface area (Å²) in [6.07, 6.45) is 1.12. The van der Waals surface area contributed by atoms with E-state index in [1.165, 1.54) is 11.3 Å². The molecule has 120 valence electrons. The molecule has 0 atom stereocenters. The summed E-state index contributed by atoms with van der Waals surface area (Å²) in [6, 6.07) is 5.53. The Morgan fingerprint density at radius 1 is 1.48 bits per heavy atom. The van der Waals surface area contributed by atoms with E-state index >= 15 is 0 Å². The number of anilines is 1. The van der Waals surface area contributed by atoms with Gasteiger partial charge in [0.15, 0.2) is 3.95 Å². The van der Waals surface area contributed by atoms with Crippen LogP contribution < -0.4 is 5.32 Å². The average molecular weight is 347 g/mol. The van der Waals surface area contributed by atoms with E-state index in [-0.39, 0.29) is 18.2 Å². The minimum Gasteiger partial charge on any atom is -0.341 e. The summed E-state index contributed by atoms with van der Waals surface area (Å²) >= 11 is 6.50. The van der Waals surface area contributed by atoms with E-state index in [1.807, 2.05) is 19.1 Å². The van der Waals surface area contributed by atoms with Gasteiger partial charge in [0, 0.05) is 35.4 Å². The Morgan fingerprint density at radius 3 is 2.96 bits per heavy atom. The van der Waals surface area contributed by atoms with Crippen LogP contribution in [-0.2, 0) is 17.6 Å². The van der Waals surface area contributed by atoms with Crippen LogP contribution in [0.5, 0.6) is 0 Å². The van der Waals surface area contributed by atoms with E-state index in [2.05, 4.69) is 10.3 Å². The Labute approximate surface area is 143 Å².